The molecule has 3 atom stereocenters. The van der Waals surface area contributed by atoms with Crippen LogP contribution in [0.15, 0.2) is 72.8 Å². The molecule has 0 saturated carbocycles. The van der Waals surface area contributed by atoms with E-state index in [0.717, 1.165) is 45.3 Å². The molecule has 3 unspecified atom stereocenters. The molecule has 0 amide bonds. The van der Waals surface area contributed by atoms with E-state index in [1.54, 1.807) is 0 Å². The Labute approximate surface area is 460 Å². The Morgan fingerprint density at radius 3 is 0.760 bits per heavy atom. The number of rotatable bonds is 19. The van der Waals surface area contributed by atoms with Crippen LogP contribution in [0.3, 0.4) is 0 Å². The zero-order chi connectivity index (χ0) is 57.1. The third kappa shape index (κ3) is 19.3. The topological polar surface area (TPSA) is 73.8 Å². The molecule has 0 bridgehead atoms. The smallest absolute Gasteiger partial charge is 0.417 e. The minimum absolute atomic E-state index is 0.0256. The highest BCUT2D eigenvalue weighted by Gasteiger charge is 2.33. The van der Waals surface area contributed by atoms with E-state index in [2.05, 4.69) is 239 Å². The molecule has 8 nitrogen and oxygen atoms in total. The van der Waals surface area contributed by atoms with Crippen molar-refractivity contribution in [2.24, 2.45) is 0 Å². The van der Waals surface area contributed by atoms with E-state index in [1.165, 1.54) is 22.3 Å². The fourth-order valence-electron chi connectivity index (χ4n) is 8.20. The lowest BCUT2D eigenvalue weighted by Gasteiger charge is -2.31. The zero-order valence-corrected chi connectivity index (χ0v) is 53.7. The summed E-state index contributed by atoms with van der Waals surface area (Å²) in [7, 11) is -3.86. The van der Waals surface area contributed by atoms with Gasteiger partial charge in [0.15, 0.2) is 0 Å². The molecule has 10 heteroatoms. The van der Waals surface area contributed by atoms with Crippen molar-refractivity contribution < 1.29 is 36.6 Å². The van der Waals surface area contributed by atoms with E-state index >= 15 is 0 Å². The van der Waals surface area contributed by atoms with Crippen molar-refractivity contribution >= 4 is 17.2 Å². The third-order valence-corrected chi connectivity index (χ3v) is 15.6. The molecule has 0 aromatic heterocycles. The van der Waals surface area contributed by atoms with Gasteiger partial charge in [0, 0.05) is 22.3 Å². The number of ether oxygens (including phenoxy) is 2. The van der Waals surface area contributed by atoms with Gasteiger partial charge >= 0.3 is 17.2 Å². The molecular formula is C65H102O8P2. The highest BCUT2D eigenvalue weighted by molar-refractivity contribution is 7.42. The largest absolute Gasteiger partial charge is 0.463 e. The summed E-state index contributed by atoms with van der Waals surface area (Å²) in [6, 6.07) is 26.0. The van der Waals surface area contributed by atoms with E-state index in [9.17, 15) is 0 Å². The number of hydrogen-bond donors (Lipinski definition) is 0. The van der Waals surface area contributed by atoms with Crippen molar-refractivity contribution in [1.29, 1.82) is 0 Å². The Bertz CT molecular complexity index is 2320. The van der Waals surface area contributed by atoms with Crippen molar-refractivity contribution in [1.82, 2.24) is 0 Å². The Kier molecular flexibility index (Phi) is 20.9. The van der Waals surface area contributed by atoms with E-state index in [-0.39, 0.29) is 61.6 Å². The van der Waals surface area contributed by atoms with Crippen LogP contribution >= 0.6 is 17.2 Å². The molecule has 0 fully saturated rings. The second-order valence-corrected chi connectivity index (χ2v) is 31.2. The summed E-state index contributed by atoms with van der Waals surface area (Å²) in [5.74, 6) is 2.99. The maximum absolute atomic E-state index is 6.87. The number of benzene rings is 4. The maximum atomic E-state index is 6.87. The summed E-state index contributed by atoms with van der Waals surface area (Å²) in [6.07, 6.45) is -0.983. The Balaban J connectivity index is 1.54. The van der Waals surface area contributed by atoms with Gasteiger partial charge in [0.2, 0.25) is 0 Å². The first-order valence-corrected chi connectivity index (χ1v) is 29.6. The highest BCUT2D eigenvalue weighted by Crippen LogP contribution is 2.51. The van der Waals surface area contributed by atoms with Crippen LogP contribution in [0.1, 0.15) is 231 Å². The van der Waals surface area contributed by atoms with Gasteiger partial charge in [-0.2, -0.15) is 0 Å². The average Bonchev–Trinajstić information content (AvgIpc) is 3.23. The molecule has 4 rings (SSSR count). The van der Waals surface area contributed by atoms with E-state index < -0.39 is 17.2 Å². The summed E-state index contributed by atoms with van der Waals surface area (Å²) in [6.45, 7) is 60.4. The van der Waals surface area contributed by atoms with Crippen LogP contribution in [-0.2, 0) is 61.8 Å². The maximum Gasteiger partial charge on any atom is 0.463 e. The lowest BCUT2D eigenvalue weighted by molar-refractivity contribution is -0.0442. The standard InChI is InChI=1S/C65H102O8P2/c1-43(67-42-45(3)69-75(72-56-34-30-48(60(10,11)12)38-52(56)64(22,23)24)73-57-35-31-49(61(13,14)15)39-53(57)65(25,26)27)40-66-41-44(2)68-74(70-54-32-28-46(58(4,5)6)36-50(54)62(16,17)18)71-55-33-29-47(59(7,8)9)37-51(55)63(19,20)21/h28-39,43-45H,40-42H2,1-27H3. The van der Waals surface area contributed by atoms with E-state index in [4.69, 9.17) is 36.6 Å². The van der Waals surface area contributed by atoms with Gasteiger partial charge in [-0.1, -0.05) is 215 Å². The molecule has 4 aromatic rings. The van der Waals surface area contributed by atoms with Gasteiger partial charge < -0.3 is 27.6 Å². The lowest BCUT2D eigenvalue weighted by atomic mass is 9.80. The first-order valence-electron chi connectivity index (χ1n) is 27.4. The van der Waals surface area contributed by atoms with E-state index in [1.807, 2.05) is 20.8 Å². The predicted octanol–water partition coefficient (Wildman–Crippen LogP) is 19.4. The summed E-state index contributed by atoms with van der Waals surface area (Å²) in [5.41, 5.74) is 8.49. The highest BCUT2D eigenvalue weighted by atomic mass is 31.2. The van der Waals surface area contributed by atoms with Crippen LogP contribution in [0, 0.1) is 0 Å². The van der Waals surface area contributed by atoms with Crippen molar-refractivity contribution in [2.75, 3.05) is 19.8 Å². The monoisotopic (exact) mass is 1070 g/mol. The molecular weight excluding hydrogens is 971 g/mol. The van der Waals surface area contributed by atoms with Gasteiger partial charge in [0.1, 0.15) is 23.0 Å². The molecule has 0 N–H and O–H groups in total. The first kappa shape index (κ1) is 64.3. The average molecular weight is 1070 g/mol. The van der Waals surface area contributed by atoms with E-state index in [0.29, 0.717) is 19.8 Å². The third-order valence-electron chi connectivity index (χ3n) is 13.2. The molecule has 0 aliphatic heterocycles. The van der Waals surface area contributed by atoms with Crippen molar-refractivity contribution in [3.63, 3.8) is 0 Å². The van der Waals surface area contributed by atoms with Crippen LogP contribution in [0.5, 0.6) is 23.0 Å². The lowest BCUT2D eigenvalue weighted by Crippen LogP contribution is -2.26. The molecule has 0 aliphatic carbocycles. The Morgan fingerprint density at radius 2 is 0.533 bits per heavy atom. The van der Waals surface area contributed by atoms with Crippen LogP contribution in [0.25, 0.3) is 0 Å². The van der Waals surface area contributed by atoms with Gasteiger partial charge in [-0.05, 0) is 111 Å². The molecule has 0 spiro atoms. The quantitative estimate of drug-likeness (QED) is 0.0860. The van der Waals surface area contributed by atoms with Crippen molar-refractivity contribution in [3.05, 3.63) is 117 Å². The van der Waals surface area contributed by atoms with Gasteiger partial charge in [0.25, 0.3) is 0 Å². The van der Waals surface area contributed by atoms with Gasteiger partial charge in [-0.25, -0.2) is 0 Å². The molecule has 0 radical (unpaired) electrons. The summed E-state index contributed by atoms with van der Waals surface area (Å²) >= 11 is 0. The molecule has 0 heterocycles. The fourth-order valence-corrected chi connectivity index (χ4v) is 10.4. The van der Waals surface area contributed by atoms with Crippen molar-refractivity contribution in [2.45, 2.75) is 249 Å². The fraction of sp³-hybridized carbons (Fsp3) is 0.631. The molecule has 0 aliphatic rings. The Morgan fingerprint density at radius 1 is 0.307 bits per heavy atom. The number of hydrogen-bond acceptors (Lipinski definition) is 8. The van der Waals surface area contributed by atoms with Crippen LogP contribution in [0.4, 0.5) is 0 Å². The molecule has 420 valence electrons. The van der Waals surface area contributed by atoms with Crippen LogP contribution < -0.4 is 18.1 Å². The Hall–Kier alpha value is -3.22. The minimum atomic E-state index is -1.93. The molecule has 4 aromatic carbocycles. The molecule has 0 saturated heterocycles. The summed E-state index contributed by atoms with van der Waals surface area (Å²) in [5, 5.41) is 0. The SMILES string of the molecule is CC(COCC(C)OP(Oc1ccc(C(C)(C)C)cc1C(C)(C)C)Oc1ccc(C(C)(C)C)cc1C(C)(C)C)OCC(C)OP(Oc1ccc(C(C)(C)C)cc1C(C)(C)C)Oc1ccc(C(C)(C)C)cc1C(C)(C)C. The second-order valence-electron chi connectivity index (χ2n) is 29.2. The van der Waals surface area contributed by atoms with Gasteiger partial charge in [0.05, 0.1) is 38.1 Å². The normalized spacial score (nSPS) is 14.8. The van der Waals surface area contributed by atoms with Gasteiger partial charge in [-0.15, -0.1) is 0 Å². The molecule has 75 heavy (non-hydrogen) atoms. The predicted molar refractivity (Wildman–Crippen MR) is 319 cm³/mol. The zero-order valence-electron chi connectivity index (χ0n) is 51.9. The van der Waals surface area contributed by atoms with Crippen LogP contribution in [0.2, 0.25) is 0 Å². The first-order chi connectivity index (χ1) is 33.9. The van der Waals surface area contributed by atoms with Gasteiger partial charge in [-0.3, -0.25) is 9.05 Å². The summed E-state index contributed by atoms with van der Waals surface area (Å²) in [4.78, 5) is 0. The van der Waals surface area contributed by atoms with Crippen molar-refractivity contribution in [3.8, 4) is 23.0 Å². The second kappa shape index (κ2) is 24.4. The minimum Gasteiger partial charge on any atom is -0.417 e. The summed E-state index contributed by atoms with van der Waals surface area (Å²) < 4.78 is 53.7. The van der Waals surface area contributed by atoms with Crippen LogP contribution in [-0.4, -0.2) is 38.1 Å².